The van der Waals surface area contributed by atoms with Gasteiger partial charge >= 0.3 is 0 Å². The molecule has 7 nitrogen and oxygen atoms in total. The minimum atomic E-state index is -0.534. The van der Waals surface area contributed by atoms with E-state index in [2.05, 4.69) is 10.7 Å². The molecule has 0 bridgehead atoms. The molecule has 1 amide bonds. The molecule has 0 saturated carbocycles. The normalized spacial score (nSPS) is 18.0. The number of hydrogen-bond donors (Lipinski definition) is 3. The van der Waals surface area contributed by atoms with Crippen molar-refractivity contribution in [3.05, 3.63) is 33.9 Å². The summed E-state index contributed by atoms with van der Waals surface area (Å²) in [7, 11) is 0. The highest BCUT2D eigenvalue weighted by Crippen LogP contribution is 2.25. The highest BCUT2D eigenvalue weighted by Gasteiger charge is 2.19. The zero-order chi connectivity index (χ0) is 15.2. The van der Waals surface area contributed by atoms with Gasteiger partial charge in [-0.2, -0.15) is 11.8 Å². The van der Waals surface area contributed by atoms with Crippen molar-refractivity contribution in [3.63, 3.8) is 0 Å². The van der Waals surface area contributed by atoms with Gasteiger partial charge in [0.1, 0.15) is 0 Å². The third kappa shape index (κ3) is 4.08. The highest BCUT2D eigenvalue weighted by molar-refractivity contribution is 7.99. The van der Waals surface area contributed by atoms with Crippen LogP contribution in [0.5, 0.6) is 0 Å². The molecule has 0 radical (unpaired) electrons. The predicted octanol–water partition coefficient (Wildman–Crippen LogP) is 1.90. The molecule has 114 valence electrons. The number of nitro benzene ring substituents is 1. The molecule has 1 saturated heterocycles. The van der Waals surface area contributed by atoms with Crippen molar-refractivity contribution >= 4 is 29.0 Å². The summed E-state index contributed by atoms with van der Waals surface area (Å²) < 4.78 is 0. The van der Waals surface area contributed by atoms with E-state index >= 15 is 0 Å². The van der Waals surface area contributed by atoms with Gasteiger partial charge in [-0.1, -0.05) is 6.42 Å². The van der Waals surface area contributed by atoms with E-state index in [1.807, 2.05) is 11.8 Å². The highest BCUT2D eigenvalue weighted by atomic mass is 32.2. The lowest BCUT2D eigenvalue weighted by Gasteiger charge is -2.21. The zero-order valence-corrected chi connectivity index (χ0v) is 12.3. The summed E-state index contributed by atoms with van der Waals surface area (Å²) in [6.45, 7) is 0.566. The van der Waals surface area contributed by atoms with Crippen molar-refractivity contribution in [2.24, 2.45) is 5.84 Å². The van der Waals surface area contributed by atoms with Crippen LogP contribution < -0.4 is 16.6 Å². The van der Waals surface area contributed by atoms with E-state index < -0.39 is 4.92 Å². The Bertz CT molecular complexity index is 532. The quantitative estimate of drug-likeness (QED) is 0.435. The summed E-state index contributed by atoms with van der Waals surface area (Å²) in [6, 6.07) is 3.98. The molecule has 1 atom stereocenters. The van der Waals surface area contributed by atoms with Crippen LogP contribution in [-0.4, -0.2) is 28.4 Å². The first kappa shape index (κ1) is 15.6. The van der Waals surface area contributed by atoms with E-state index in [1.54, 1.807) is 0 Å². The Balaban J connectivity index is 2.06. The molecule has 1 fully saturated rings. The largest absolute Gasteiger partial charge is 0.351 e. The topological polar surface area (TPSA) is 110 Å². The molecule has 1 unspecified atom stereocenters. The number of nitrogen functional groups attached to an aromatic ring is 1. The van der Waals surface area contributed by atoms with E-state index in [0.717, 1.165) is 12.2 Å². The number of thioether (sulfide) groups is 1. The third-order valence-electron chi connectivity index (χ3n) is 3.38. The predicted molar refractivity (Wildman–Crippen MR) is 83.3 cm³/mol. The Kier molecular flexibility index (Phi) is 5.40. The molecule has 1 aliphatic rings. The fourth-order valence-corrected chi connectivity index (χ4v) is 3.47. The summed E-state index contributed by atoms with van der Waals surface area (Å²) in [5, 5.41) is 14.0. The van der Waals surface area contributed by atoms with Gasteiger partial charge in [-0.3, -0.25) is 20.8 Å². The van der Waals surface area contributed by atoms with E-state index in [4.69, 9.17) is 5.84 Å². The summed E-state index contributed by atoms with van der Waals surface area (Å²) in [5.74, 6) is 6.12. The number of benzene rings is 1. The van der Waals surface area contributed by atoms with Crippen molar-refractivity contribution in [1.82, 2.24) is 5.32 Å². The fraction of sp³-hybridized carbons (Fsp3) is 0.462. The van der Waals surface area contributed by atoms with E-state index in [1.165, 1.54) is 31.0 Å². The Labute approximate surface area is 126 Å². The Morgan fingerprint density at radius 1 is 1.48 bits per heavy atom. The molecule has 1 aromatic carbocycles. The molecule has 8 heteroatoms. The van der Waals surface area contributed by atoms with Crippen molar-refractivity contribution in [1.29, 1.82) is 0 Å². The molecular weight excluding hydrogens is 292 g/mol. The lowest BCUT2D eigenvalue weighted by atomic mass is 10.1. The second-order valence-corrected chi connectivity index (χ2v) is 6.24. The number of anilines is 1. The molecular formula is C13H18N4O3S. The Morgan fingerprint density at radius 3 is 2.90 bits per heavy atom. The number of carbonyl (C=O) groups is 1. The first-order valence-electron chi connectivity index (χ1n) is 6.76. The molecule has 21 heavy (non-hydrogen) atoms. The van der Waals surface area contributed by atoms with Gasteiger partial charge in [0.2, 0.25) is 0 Å². The molecule has 2 rings (SSSR count). The summed E-state index contributed by atoms with van der Waals surface area (Å²) in [5.41, 5.74) is 2.82. The molecule has 0 aliphatic carbocycles. The van der Waals surface area contributed by atoms with Gasteiger partial charge in [0.05, 0.1) is 16.2 Å². The van der Waals surface area contributed by atoms with Crippen LogP contribution in [-0.2, 0) is 0 Å². The van der Waals surface area contributed by atoms with Crippen molar-refractivity contribution in [2.75, 3.05) is 17.7 Å². The number of carbonyl (C=O) groups excluding carboxylic acids is 1. The monoisotopic (exact) mass is 310 g/mol. The number of hydrazine groups is 1. The second-order valence-electron chi connectivity index (χ2n) is 4.83. The van der Waals surface area contributed by atoms with Gasteiger partial charge in [-0.05, 0) is 24.7 Å². The smallest absolute Gasteiger partial charge is 0.270 e. The van der Waals surface area contributed by atoms with Gasteiger partial charge in [0, 0.05) is 23.9 Å². The van der Waals surface area contributed by atoms with Crippen LogP contribution in [0.15, 0.2) is 18.2 Å². The van der Waals surface area contributed by atoms with Gasteiger partial charge in [-0.15, -0.1) is 0 Å². The Hall–Kier alpha value is -1.80. The fourth-order valence-electron chi connectivity index (χ4n) is 2.23. The van der Waals surface area contributed by atoms with E-state index in [-0.39, 0.29) is 17.2 Å². The Morgan fingerprint density at radius 2 is 2.29 bits per heavy atom. The maximum Gasteiger partial charge on any atom is 0.270 e. The lowest BCUT2D eigenvalue weighted by molar-refractivity contribution is -0.384. The van der Waals surface area contributed by atoms with Gasteiger partial charge in [0.25, 0.3) is 11.6 Å². The molecule has 1 aromatic rings. The molecule has 0 aromatic heterocycles. The number of non-ortho nitro benzene ring substituents is 1. The number of hydrogen-bond acceptors (Lipinski definition) is 6. The van der Waals surface area contributed by atoms with Crippen LogP contribution in [0, 0.1) is 10.1 Å². The van der Waals surface area contributed by atoms with E-state index in [0.29, 0.717) is 17.5 Å². The lowest BCUT2D eigenvalue weighted by Crippen LogP contribution is -2.32. The number of nitro groups is 1. The summed E-state index contributed by atoms with van der Waals surface area (Å²) in [4.78, 5) is 22.5. The van der Waals surface area contributed by atoms with E-state index in [9.17, 15) is 14.9 Å². The average molecular weight is 310 g/mol. The molecule has 1 aliphatic heterocycles. The van der Waals surface area contributed by atoms with Crippen molar-refractivity contribution in [3.8, 4) is 0 Å². The average Bonchev–Trinajstić information content (AvgIpc) is 2.52. The standard InChI is InChI=1S/C13H18N4O3S/c14-16-12-5-4-9(17(19)20)7-11(12)13(18)15-8-10-3-1-2-6-21-10/h4-5,7,10,16H,1-3,6,8,14H2,(H,15,18). The SMILES string of the molecule is NNc1ccc([N+](=O)[O-])cc1C(=O)NCC1CCCCS1. The first-order valence-corrected chi connectivity index (χ1v) is 7.81. The van der Waals surface area contributed by atoms with Crippen molar-refractivity contribution in [2.45, 2.75) is 24.5 Å². The van der Waals surface area contributed by atoms with Gasteiger partial charge in [-0.25, -0.2) is 0 Å². The minimum Gasteiger partial charge on any atom is -0.351 e. The van der Waals surface area contributed by atoms with Crippen LogP contribution >= 0.6 is 11.8 Å². The van der Waals surface area contributed by atoms with Crippen LogP contribution in [0.25, 0.3) is 0 Å². The number of amides is 1. The van der Waals surface area contributed by atoms with Crippen LogP contribution in [0.2, 0.25) is 0 Å². The van der Waals surface area contributed by atoms with Gasteiger partial charge in [0.15, 0.2) is 0 Å². The number of rotatable bonds is 5. The number of nitrogens with two attached hydrogens (primary N) is 1. The third-order valence-corrected chi connectivity index (χ3v) is 4.78. The molecule has 4 N–H and O–H groups in total. The second kappa shape index (κ2) is 7.28. The maximum atomic E-state index is 12.2. The van der Waals surface area contributed by atoms with Crippen molar-refractivity contribution < 1.29 is 9.72 Å². The van der Waals surface area contributed by atoms with Crippen LogP contribution in [0.1, 0.15) is 29.6 Å². The van der Waals surface area contributed by atoms with Crippen LogP contribution in [0.4, 0.5) is 11.4 Å². The minimum absolute atomic E-state index is 0.133. The first-order chi connectivity index (χ1) is 10.1. The molecule has 0 spiro atoms. The number of nitrogens with zero attached hydrogens (tertiary/aromatic N) is 1. The summed E-state index contributed by atoms with van der Waals surface area (Å²) >= 11 is 1.86. The summed E-state index contributed by atoms with van der Waals surface area (Å²) in [6.07, 6.45) is 3.49. The number of nitrogens with one attached hydrogen (secondary N) is 2. The zero-order valence-electron chi connectivity index (χ0n) is 11.5. The maximum absolute atomic E-state index is 12.2. The molecule has 1 heterocycles. The van der Waals surface area contributed by atoms with Crippen LogP contribution in [0.3, 0.4) is 0 Å². The van der Waals surface area contributed by atoms with Gasteiger partial charge < -0.3 is 10.7 Å².